The number of aromatic nitrogens is 1. The molecular weight excluding hydrogens is 440 g/mol. The number of oxazole rings is 1. The van der Waals surface area contributed by atoms with E-state index in [1.807, 2.05) is 54.6 Å². The van der Waals surface area contributed by atoms with Crippen LogP contribution in [-0.2, 0) is 4.79 Å². The smallest absolute Gasteiger partial charge is 0.248 e. The van der Waals surface area contributed by atoms with E-state index >= 15 is 0 Å². The number of hydrogen-bond acceptors (Lipinski definition) is 3. The van der Waals surface area contributed by atoms with Crippen molar-refractivity contribution in [1.29, 1.82) is 0 Å². The summed E-state index contributed by atoms with van der Waals surface area (Å²) in [6, 6.07) is 21.7. The lowest BCUT2D eigenvalue weighted by Crippen LogP contribution is -2.07. The second kappa shape index (κ2) is 8.93. The Bertz CT molecular complexity index is 1200. The number of halogens is 1. The first-order valence-corrected chi connectivity index (χ1v) is 10.2. The number of nitrogens with one attached hydrogen (secondary N) is 1. The maximum absolute atomic E-state index is 12.2. The molecule has 5 heteroatoms. The van der Waals surface area contributed by atoms with Crippen molar-refractivity contribution in [3.05, 3.63) is 101 Å². The molecule has 0 atom stereocenters. The van der Waals surface area contributed by atoms with Gasteiger partial charge in [0.25, 0.3) is 0 Å². The molecule has 0 aliphatic heterocycles. The summed E-state index contributed by atoms with van der Waals surface area (Å²) in [6.45, 7) is 2.07. The van der Waals surface area contributed by atoms with Crippen LogP contribution in [0, 0.1) is 6.92 Å². The molecule has 4 aromatic rings. The topological polar surface area (TPSA) is 55.1 Å². The van der Waals surface area contributed by atoms with Gasteiger partial charge in [-0.05, 0) is 71.7 Å². The Hall–Kier alpha value is -3.44. The molecule has 4 rings (SSSR count). The molecule has 30 heavy (non-hydrogen) atoms. The van der Waals surface area contributed by atoms with Gasteiger partial charge < -0.3 is 9.73 Å². The number of carbonyl (C=O) groups excluding carboxylic acids is 1. The molecule has 0 aliphatic rings. The zero-order valence-corrected chi connectivity index (χ0v) is 17.9. The highest BCUT2D eigenvalue weighted by molar-refractivity contribution is 9.10. The van der Waals surface area contributed by atoms with Gasteiger partial charge in [-0.2, -0.15) is 0 Å². The molecule has 0 aliphatic carbocycles. The zero-order chi connectivity index (χ0) is 20.9. The molecule has 3 aromatic carbocycles. The third-order valence-electron chi connectivity index (χ3n) is 4.66. The van der Waals surface area contributed by atoms with E-state index in [1.165, 1.54) is 6.08 Å². The average molecular weight is 459 g/mol. The average Bonchev–Trinajstić information content (AvgIpc) is 3.28. The van der Waals surface area contributed by atoms with Crippen molar-refractivity contribution in [3.63, 3.8) is 0 Å². The fourth-order valence-electron chi connectivity index (χ4n) is 3.13. The predicted octanol–water partition coefficient (Wildman–Crippen LogP) is 6.73. The number of hydrogen-bond donors (Lipinski definition) is 1. The largest absolute Gasteiger partial charge is 0.445 e. The van der Waals surface area contributed by atoms with Crippen LogP contribution in [0.25, 0.3) is 28.7 Å². The third kappa shape index (κ3) is 4.75. The Morgan fingerprint density at radius 2 is 1.83 bits per heavy atom. The number of rotatable bonds is 5. The number of anilines is 1. The summed E-state index contributed by atoms with van der Waals surface area (Å²) in [5.74, 6) is 0.419. The second-order valence-electron chi connectivity index (χ2n) is 6.82. The molecule has 1 N–H and O–H groups in total. The zero-order valence-electron chi connectivity index (χ0n) is 16.3. The lowest BCUT2D eigenvalue weighted by Gasteiger charge is -2.09. The highest BCUT2D eigenvalue weighted by Gasteiger charge is 2.08. The van der Waals surface area contributed by atoms with Crippen LogP contribution in [-0.4, -0.2) is 10.9 Å². The minimum atomic E-state index is -0.176. The van der Waals surface area contributed by atoms with Crippen LogP contribution in [0.5, 0.6) is 0 Å². The van der Waals surface area contributed by atoms with Gasteiger partial charge in [-0.1, -0.05) is 46.3 Å². The molecule has 0 radical (unpaired) electrons. The van der Waals surface area contributed by atoms with E-state index in [1.54, 1.807) is 18.5 Å². The fourth-order valence-corrected chi connectivity index (χ4v) is 3.55. The Labute approximate surface area is 183 Å². The van der Waals surface area contributed by atoms with E-state index in [0.29, 0.717) is 5.89 Å². The van der Waals surface area contributed by atoms with Gasteiger partial charge in [0.2, 0.25) is 11.8 Å². The van der Waals surface area contributed by atoms with Crippen molar-refractivity contribution in [2.24, 2.45) is 0 Å². The van der Waals surface area contributed by atoms with Crippen molar-refractivity contribution in [3.8, 4) is 22.6 Å². The summed E-state index contributed by atoms with van der Waals surface area (Å²) < 4.78 is 6.38. The Morgan fingerprint density at radius 1 is 1.03 bits per heavy atom. The monoisotopic (exact) mass is 458 g/mol. The molecule has 148 valence electrons. The SMILES string of the molecule is Cc1ccc(-c2ncco2)cc1-c1ccc(NC(=O)C=Cc2cccc(Br)c2)cc1. The summed E-state index contributed by atoms with van der Waals surface area (Å²) in [5.41, 5.74) is 5.93. The first kappa shape index (κ1) is 19.9. The summed E-state index contributed by atoms with van der Waals surface area (Å²) in [7, 11) is 0. The quantitative estimate of drug-likeness (QED) is 0.337. The Morgan fingerprint density at radius 3 is 2.57 bits per heavy atom. The van der Waals surface area contributed by atoms with Crippen LogP contribution in [0.15, 0.2) is 94.2 Å². The van der Waals surface area contributed by atoms with Crippen molar-refractivity contribution in [2.75, 3.05) is 5.32 Å². The highest BCUT2D eigenvalue weighted by Crippen LogP contribution is 2.29. The summed E-state index contributed by atoms with van der Waals surface area (Å²) >= 11 is 3.43. The van der Waals surface area contributed by atoms with Crippen molar-refractivity contribution >= 4 is 33.6 Å². The summed E-state index contributed by atoms with van der Waals surface area (Å²) in [6.07, 6.45) is 6.51. The number of nitrogens with zero attached hydrogens (tertiary/aromatic N) is 1. The van der Waals surface area contributed by atoms with Crippen molar-refractivity contribution in [1.82, 2.24) is 4.98 Å². The Balaban J connectivity index is 1.48. The van der Waals surface area contributed by atoms with Gasteiger partial charge in [-0.3, -0.25) is 4.79 Å². The van der Waals surface area contributed by atoms with Gasteiger partial charge in [-0.25, -0.2) is 4.98 Å². The van der Waals surface area contributed by atoms with E-state index in [0.717, 1.165) is 38.0 Å². The molecule has 1 aromatic heterocycles. The number of benzene rings is 3. The van der Waals surface area contributed by atoms with Crippen molar-refractivity contribution < 1.29 is 9.21 Å². The minimum Gasteiger partial charge on any atom is -0.445 e. The molecule has 0 saturated carbocycles. The van der Waals surface area contributed by atoms with Crippen LogP contribution in [0.1, 0.15) is 11.1 Å². The number of amides is 1. The van der Waals surface area contributed by atoms with E-state index < -0.39 is 0 Å². The Kier molecular flexibility index (Phi) is 5.91. The van der Waals surface area contributed by atoms with Gasteiger partial charge in [0.15, 0.2) is 0 Å². The molecule has 4 nitrogen and oxygen atoms in total. The summed E-state index contributed by atoms with van der Waals surface area (Å²) in [5, 5.41) is 2.89. The highest BCUT2D eigenvalue weighted by atomic mass is 79.9. The minimum absolute atomic E-state index is 0.176. The summed E-state index contributed by atoms with van der Waals surface area (Å²) in [4.78, 5) is 16.4. The molecule has 1 heterocycles. The van der Waals surface area contributed by atoms with Crippen LogP contribution < -0.4 is 5.32 Å². The first-order valence-electron chi connectivity index (χ1n) is 9.44. The normalized spacial score (nSPS) is 11.0. The van der Waals surface area contributed by atoms with E-state index in [2.05, 4.69) is 45.3 Å². The third-order valence-corrected chi connectivity index (χ3v) is 5.15. The van der Waals surface area contributed by atoms with Gasteiger partial charge in [0.05, 0.1) is 6.20 Å². The van der Waals surface area contributed by atoms with E-state index in [-0.39, 0.29) is 5.91 Å². The van der Waals surface area contributed by atoms with Crippen LogP contribution in [0.3, 0.4) is 0 Å². The maximum atomic E-state index is 12.2. The molecule has 0 spiro atoms. The number of carbonyl (C=O) groups is 1. The van der Waals surface area contributed by atoms with Gasteiger partial charge in [-0.15, -0.1) is 0 Å². The van der Waals surface area contributed by atoms with Gasteiger partial charge >= 0.3 is 0 Å². The number of aryl methyl sites for hydroxylation is 1. The predicted molar refractivity (Wildman–Crippen MR) is 124 cm³/mol. The maximum Gasteiger partial charge on any atom is 0.248 e. The molecule has 1 amide bonds. The molecule has 0 fully saturated rings. The van der Waals surface area contributed by atoms with Crippen LogP contribution >= 0.6 is 15.9 Å². The second-order valence-corrected chi connectivity index (χ2v) is 7.74. The fraction of sp³-hybridized carbons (Fsp3) is 0.0400. The van der Waals surface area contributed by atoms with Gasteiger partial charge in [0, 0.05) is 21.8 Å². The molecular formula is C25H19BrN2O2. The molecule has 0 bridgehead atoms. The lowest BCUT2D eigenvalue weighted by molar-refractivity contribution is -0.111. The molecule has 0 unspecified atom stereocenters. The van der Waals surface area contributed by atoms with E-state index in [9.17, 15) is 4.79 Å². The molecule has 0 saturated heterocycles. The standard InChI is InChI=1S/C25H19BrN2O2/c1-17-5-7-20(25-27-13-14-30-25)16-23(17)19-8-10-22(11-9-19)28-24(29)12-6-18-3-2-4-21(26)15-18/h2-16H,1H3,(H,28,29). The van der Waals surface area contributed by atoms with Crippen LogP contribution in [0.2, 0.25) is 0 Å². The van der Waals surface area contributed by atoms with E-state index in [4.69, 9.17) is 4.42 Å². The van der Waals surface area contributed by atoms with Gasteiger partial charge in [0.1, 0.15) is 6.26 Å². The first-order chi connectivity index (χ1) is 14.6. The van der Waals surface area contributed by atoms with Crippen molar-refractivity contribution in [2.45, 2.75) is 6.92 Å². The van der Waals surface area contributed by atoms with Crippen LogP contribution in [0.4, 0.5) is 5.69 Å². The lowest BCUT2D eigenvalue weighted by atomic mass is 9.98.